The minimum Gasteiger partial charge on any atom is -0.550 e. The number of nitrogen functional groups attached to an aromatic ring is 1. The van der Waals surface area contributed by atoms with Crippen LogP contribution in [0.15, 0.2) is 29.2 Å². The third-order valence-corrected chi connectivity index (χ3v) is 5.11. The van der Waals surface area contributed by atoms with E-state index in [2.05, 4.69) is 0 Å². The van der Waals surface area contributed by atoms with E-state index in [1.807, 2.05) is 0 Å². The van der Waals surface area contributed by atoms with E-state index >= 15 is 0 Å². The van der Waals surface area contributed by atoms with Gasteiger partial charge in [-0.15, -0.1) is 0 Å². The number of nitrogens with two attached hydrogens (primary N) is 1. The highest BCUT2D eigenvalue weighted by molar-refractivity contribution is 7.89. The lowest BCUT2D eigenvalue weighted by Gasteiger charge is -2.32. The first-order valence-corrected chi connectivity index (χ1v) is 7.42. The molecule has 2 rings (SSSR count). The Balaban J connectivity index is 2.24. The van der Waals surface area contributed by atoms with Crippen molar-refractivity contribution >= 4 is 21.7 Å². The lowest BCUT2D eigenvalue weighted by molar-refractivity contribution is -0.312. The number of hydrogen-bond acceptors (Lipinski definition) is 5. The summed E-state index contributed by atoms with van der Waals surface area (Å²) in [5.41, 5.74) is 5.99. The summed E-state index contributed by atoms with van der Waals surface area (Å²) in [6.07, 6.45) is 0.975. The van der Waals surface area contributed by atoms with Crippen LogP contribution in [0.5, 0.6) is 0 Å². The minimum absolute atomic E-state index is 0.0327. The fourth-order valence-corrected chi connectivity index (χ4v) is 3.67. The quantitative estimate of drug-likeness (QED) is 0.747. The number of nitrogens with zero attached hydrogens (tertiary/aromatic N) is 1. The zero-order valence-corrected chi connectivity index (χ0v) is 11.1. The highest BCUT2D eigenvalue weighted by Crippen LogP contribution is 2.23. The molecule has 1 saturated heterocycles. The number of anilines is 1. The van der Waals surface area contributed by atoms with Crippen molar-refractivity contribution < 1.29 is 18.3 Å². The zero-order chi connectivity index (χ0) is 14.0. The molecule has 1 atom stereocenters. The van der Waals surface area contributed by atoms with Crippen molar-refractivity contribution in [3.63, 3.8) is 0 Å². The summed E-state index contributed by atoms with van der Waals surface area (Å²) in [6, 6.07) is 5.86. The first-order valence-electron chi connectivity index (χ1n) is 5.98. The number of carboxylic acid groups (broad SMARTS) is 1. The summed E-state index contributed by atoms with van der Waals surface area (Å²) < 4.78 is 25.9. The van der Waals surface area contributed by atoms with Crippen molar-refractivity contribution in [2.75, 3.05) is 18.8 Å². The predicted octanol–water partition coefficient (Wildman–Crippen LogP) is -0.581. The van der Waals surface area contributed by atoms with Gasteiger partial charge in [0.15, 0.2) is 0 Å². The molecule has 1 aliphatic heterocycles. The average molecular weight is 283 g/mol. The Labute approximate surface area is 111 Å². The van der Waals surface area contributed by atoms with Gasteiger partial charge in [0.25, 0.3) is 0 Å². The lowest BCUT2D eigenvalue weighted by Crippen LogP contribution is -2.46. The Morgan fingerprint density at radius 1 is 1.32 bits per heavy atom. The topological polar surface area (TPSA) is 104 Å². The number of piperidine rings is 1. The van der Waals surface area contributed by atoms with Gasteiger partial charge in [0.2, 0.25) is 10.0 Å². The first-order chi connectivity index (χ1) is 8.91. The molecule has 2 N–H and O–H groups in total. The summed E-state index contributed by atoms with van der Waals surface area (Å²) in [5, 5.41) is 10.9. The third-order valence-electron chi connectivity index (χ3n) is 3.24. The van der Waals surface area contributed by atoms with E-state index in [0.29, 0.717) is 25.1 Å². The second kappa shape index (κ2) is 5.18. The summed E-state index contributed by atoms with van der Waals surface area (Å²) >= 11 is 0. The molecule has 1 fully saturated rings. The number of carbonyl (C=O) groups excluding carboxylic acids is 1. The van der Waals surface area contributed by atoms with Gasteiger partial charge >= 0.3 is 0 Å². The van der Waals surface area contributed by atoms with Gasteiger partial charge in [-0.2, -0.15) is 4.31 Å². The maximum Gasteiger partial charge on any atom is 0.243 e. The molecular formula is C12H15N2O4S-. The van der Waals surface area contributed by atoms with Crippen LogP contribution in [-0.4, -0.2) is 31.8 Å². The van der Waals surface area contributed by atoms with Gasteiger partial charge < -0.3 is 15.6 Å². The zero-order valence-electron chi connectivity index (χ0n) is 10.3. The van der Waals surface area contributed by atoms with Crippen LogP contribution in [0.2, 0.25) is 0 Å². The van der Waals surface area contributed by atoms with Gasteiger partial charge in [0.1, 0.15) is 0 Å². The molecular weight excluding hydrogens is 268 g/mol. The molecule has 104 valence electrons. The van der Waals surface area contributed by atoms with Crippen molar-refractivity contribution in [2.45, 2.75) is 17.7 Å². The van der Waals surface area contributed by atoms with Gasteiger partial charge in [-0.25, -0.2) is 8.42 Å². The average Bonchev–Trinajstić information content (AvgIpc) is 2.39. The van der Waals surface area contributed by atoms with Gasteiger partial charge in [-0.1, -0.05) is 0 Å². The van der Waals surface area contributed by atoms with Crippen molar-refractivity contribution in [3.8, 4) is 0 Å². The molecule has 1 aliphatic rings. The maximum absolute atomic E-state index is 12.3. The highest BCUT2D eigenvalue weighted by Gasteiger charge is 2.30. The largest absolute Gasteiger partial charge is 0.550 e. The smallest absolute Gasteiger partial charge is 0.243 e. The molecule has 0 radical (unpaired) electrons. The molecule has 0 spiro atoms. The molecule has 1 aromatic carbocycles. The van der Waals surface area contributed by atoms with E-state index in [4.69, 9.17) is 5.73 Å². The van der Waals surface area contributed by atoms with Crippen LogP contribution in [0.4, 0.5) is 5.69 Å². The fourth-order valence-electron chi connectivity index (χ4n) is 2.14. The molecule has 0 amide bonds. The van der Waals surface area contributed by atoms with Crippen LogP contribution >= 0.6 is 0 Å². The molecule has 0 aromatic heterocycles. The third kappa shape index (κ3) is 2.87. The van der Waals surface area contributed by atoms with Crippen LogP contribution in [0.1, 0.15) is 12.8 Å². The molecule has 19 heavy (non-hydrogen) atoms. The number of rotatable bonds is 3. The highest BCUT2D eigenvalue weighted by atomic mass is 32.2. The molecule has 7 heteroatoms. The van der Waals surface area contributed by atoms with Crippen molar-refractivity contribution in [3.05, 3.63) is 24.3 Å². The van der Waals surface area contributed by atoms with Gasteiger partial charge in [0.05, 0.1) is 4.90 Å². The van der Waals surface area contributed by atoms with Gasteiger partial charge in [-0.05, 0) is 37.1 Å². The number of aliphatic carboxylic acids is 1. The van der Waals surface area contributed by atoms with Crippen LogP contribution in [0.3, 0.4) is 0 Å². The second-order valence-electron chi connectivity index (χ2n) is 4.59. The Kier molecular flexibility index (Phi) is 3.77. The van der Waals surface area contributed by atoms with Crippen LogP contribution in [-0.2, 0) is 14.8 Å². The number of carboxylic acids is 1. The summed E-state index contributed by atoms with van der Waals surface area (Å²) in [5.74, 6) is -1.94. The Morgan fingerprint density at radius 2 is 1.95 bits per heavy atom. The number of hydrogen-bond donors (Lipinski definition) is 1. The Morgan fingerprint density at radius 3 is 2.53 bits per heavy atom. The van der Waals surface area contributed by atoms with Crippen molar-refractivity contribution in [1.29, 1.82) is 0 Å². The number of carbonyl (C=O) groups is 1. The lowest BCUT2D eigenvalue weighted by atomic mass is 10.0. The molecule has 0 unspecified atom stereocenters. The molecule has 1 aromatic rings. The van der Waals surface area contributed by atoms with Crippen molar-refractivity contribution in [1.82, 2.24) is 4.31 Å². The van der Waals surface area contributed by atoms with E-state index in [9.17, 15) is 18.3 Å². The Hall–Kier alpha value is -1.60. The van der Waals surface area contributed by atoms with Crippen LogP contribution in [0.25, 0.3) is 0 Å². The summed E-state index contributed by atoms with van der Waals surface area (Å²) in [7, 11) is -3.66. The van der Waals surface area contributed by atoms with E-state index < -0.39 is 21.9 Å². The molecule has 0 saturated carbocycles. The summed E-state index contributed by atoms with van der Waals surface area (Å²) in [4.78, 5) is 11.0. The van der Waals surface area contributed by atoms with Crippen molar-refractivity contribution in [2.24, 2.45) is 5.92 Å². The number of sulfonamides is 1. The molecule has 0 aliphatic carbocycles. The van der Waals surface area contributed by atoms with E-state index in [1.165, 1.54) is 28.6 Å². The van der Waals surface area contributed by atoms with Gasteiger partial charge in [0, 0.05) is 30.7 Å². The van der Waals surface area contributed by atoms with Gasteiger partial charge in [-0.3, -0.25) is 0 Å². The SMILES string of the molecule is Nc1ccc(S(=O)(=O)N2CCC[C@H](C(=O)[O-])C2)cc1. The molecule has 6 nitrogen and oxygen atoms in total. The fraction of sp³-hybridized carbons (Fsp3) is 0.417. The monoisotopic (exact) mass is 283 g/mol. The number of benzene rings is 1. The van der Waals surface area contributed by atoms with Crippen LogP contribution < -0.4 is 10.8 Å². The second-order valence-corrected chi connectivity index (χ2v) is 6.53. The first kappa shape index (κ1) is 13.8. The minimum atomic E-state index is -3.66. The van der Waals surface area contributed by atoms with E-state index in [1.54, 1.807) is 0 Å². The Bertz CT molecular complexity index is 568. The maximum atomic E-state index is 12.3. The van der Waals surface area contributed by atoms with Crippen LogP contribution in [0, 0.1) is 5.92 Å². The predicted molar refractivity (Wildman–Crippen MR) is 67.3 cm³/mol. The normalized spacial score (nSPS) is 21.2. The van der Waals surface area contributed by atoms with E-state index in [-0.39, 0.29) is 11.4 Å². The molecule has 1 heterocycles. The molecule has 0 bridgehead atoms. The standard InChI is InChI=1S/C12H16N2O4S/c13-10-3-5-11(6-4-10)19(17,18)14-7-1-2-9(8-14)12(15)16/h3-6,9H,1-2,7-8,13H2,(H,15,16)/p-1/t9-/m0/s1. The summed E-state index contributed by atoms with van der Waals surface area (Å²) in [6.45, 7) is 0.297. The van der Waals surface area contributed by atoms with E-state index in [0.717, 1.165) is 0 Å².